The van der Waals surface area contributed by atoms with Crippen LogP contribution in [0.5, 0.6) is 5.75 Å². The van der Waals surface area contributed by atoms with Gasteiger partial charge >= 0.3 is 0 Å². The summed E-state index contributed by atoms with van der Waals surface area (Å²) in [7, 11) is 0. The Hall–Kier alpha value is -3.13. The van der Waals surface area contributed by atoms with Crippen molar-refractivity contribution in [2.45, 2.75) is 0 Å². The van der Waals surface area contributed by atoms with E-state index in [1.165, 1.54) is 12.1 Å². The molecule has 2 N–H and O–H groups in total. The molecule has 2 aromatic carbocycles. The number of ether oxygens (including phenoxy) is 1. The second kappa shape index (κ2) is 7.04. The number of primary amides is 1. The van der Waals surface area contributed by atoms with Gasteiger partial charge in [0.1, 0.15) is 11.6 Å². The molecule has 4 nitrogen and oxygen atoms in total. The predicted molar refractivity (Wildman–Crippen MR) is 81.0 cm³/mol. The summed E-state index contributed by atoms with van der Waals surface area (Å²) in [6, 6.07) is 14.7. The Morgan fingerprint density at radius 3 is 2.59 bits per heavy atom. The van der Waals surface area contributed by atoms with Crippen LogP contribution in [0.4, 0.5) is 4.39 Å². The molecule has 22 heavy (non-hydrogen) atoms. The van der Waals surface area contributed by atoms with Crippen LogP contribution in [0.1, 0.15) is 11.1 Å². The molecule has 0 saturated heterocycles. The van der Waals surface area contributed by atoms with Gasteiger partial charge in [-0.05, 0) is 41.5 Å². The van der Waals surface area contributed by atoms with E-state index in [9.17, 15) is 14.4 Å². The number of hydrogen-bond acceptors (Lipinski definition) is 3. The first-order chi connectivity index (χ1) is 10.6. The SMILES string of the molecule is N#C/C(=C/c1ccc(OCC(N)=O)cc1)c1cccc(F)c1. The van der Waals surface area contributed by atoms with Gasteiger partial charge in [-0.15, -0.1) is 0 Å². The second-order valence-electron chi connectivity index (χ2n) is 4.50. The van der Waals surface area contributed by atoms with Crippen LogP contribution in [0.25, 0.3) is 11.6 Å². The molecule has 0 aliphatic carbocycles. The largest absolute Gasteiger partial charge is 0.484 e. The third-order valence-electron chi connectivity index (χ3n) is 2.83. The van der Waals surface area contributed by atoms with Crippen molar-refractivity contribution in [1.29, 1.82) is 5.26 Å². The molecule has 110 valence electrons. The van der Waals surface area contributed by atoms with Gasteiger partial charge in [-0.2, -0.15) is 5.26 Å². The van der Waals surface area contributed by atoms with E-state index in [1.807, 2.05) is 0 Å². The lowest BCUT2D eigenvalue weighted by atomic mass is 10.0. The first-order valence-corrected chi connectivity index (χ1v) is 6.47. The van der Waals surface area contributed by atoms with E-state index in [-0.39, 0.29) is 6.61 Å². The Kier molecular flexibility index (Phi) is 4.89. The maximum atomic E-state index is 13.2. The lowest BCUT2D eigenvalue weighted by Crippen LogP contribution is -2.19. The quantitative estimate of drug-likeness (QED) is 0.681. The summed E-state index contributed by atoms with van der Waals surface area (Å²) in [5, 5.41) is 9.21. The van der Waals surface area contributed by atoms with E-state index in [4.69, 9.17) is 10.5 Å². The van der Waals surface area contributed by atoms with Crippen molar-refractivity contribution in [3.05, 3.63) is 65.5 Å². The van der Waals surface area contributed by atoms with E-state index in [0.29, 0.717) is 16.9 Å². The third-order valence-corrected chi connectivity index (χ3v) is 2.83. The maximum Gasteiger partial charge on any atom is 0.255 e. The highest BCUT2D eigenvalue weighted by atomic mass is 19.1. The van der Waals surface area contributed by atoms with Crippen LogP contribution in [0.15, 0.2) is 48.5 Å². The van der Waals surface area contributed by atoms with Crippen molar-refractivity contribution in [2.24, 2.45) is 5.73 Å². The molecule has 0 radical (unpaired) electrons. The van der Waals surface area contributed by atoms with Crippen molar-refractivity contribution in [1.82, 2.24) is 0 Å². The molecule has 0 aliphatic rings. The molecule has 0 fully saturated rings. The van der Waals surface area contributed by atoms with Crippen molar-refractivity contribution in [2.75, 3.05) is 6.61 Å². The maximum absolute atomic E-state index is 13.2. The number of benzene rings is 2. The average Bonchev–Trinajstić information content (AvgIpc) is 2.51. The topological polar surface area (TPSA) is 76.1 Å². The van der Waals surface area contributed by atoms with Crippen molar-refractivity contribution in [3.63, 3.8) is 0 Å². The van der Waals surface area contributed by atoms with Crippen LogP contribution in [-0.4, -0.2) is 12.5 Å². The molecule has 0 spiro atoms. The van der Waals surface area contributed by atoms with E-state index in [1.54, 1.807) is 42.5 Å². The van der Waals surface area contributed by atoms with Gasteiger partial charge in [0.2, 0.25) is 0 Å². The molecule has 1 amide bonds. The number of allylic oxidation sites excluding steroid dienone is 1. The monoisotopic (exact) mass is 296 g/mol. The van der Waals surface area contributed by atoms with Crippen molar-refractivity contribution < 1.29 is 13.9 Å². The van der Waals surface area contributed by atoms with Crippen LogP contribution in [0, 0.1) is 17.1 Å². The highest BCUT2D eigenvalue weighted by Crippen LogP contribution is 2.20. The summed E-state index contributed by atoms with van der Waals surface area (Å²) in [5.74, 6) is -0.448. The lowest BCUT2D eigenvalue weighted by Gasteiger charge is -2.04. The van der Waals surface area contributed by atoms with E-state index in [0.717, 1.165) is 5.56 Å². The number of nitrogens with zero attached hydrogens (tertiary/aromatic N) is 1. The fourth-order valence-corrected chi connectivity index (χ4v) is 1.82. The summed E-state index contributed by atoms with van der Waals surface area (Å²) < 4.78 is 18.4. The van der Waals surface area contributed by atoms with Crippen molar-refractivity contribution >= 4 is 17.6 Å². The Labute approximate surface area is 127 Å². The van der Waals surface area contributed by atoms with Crippen LogP contribution in [0.2, 0.25) is 0 Å². The summed E-state index contributed by atoms with van der Waals surface area (Å²) in [4.78, 5) is 10.6. The fourth-order valence-electron chi connectivity index (χ4n) is 1.82. The van der Waals surface area contributed by atoms with Gasteiger partial charge in [-0.1, -0.05) is 24.3 Å². The minimum absolute atomic E-state index is 0.193. The highest BCUT2D eigenvalue weighted by Gasteiger charge is 2.03. The average molecular weight is 296 g/mol. The van der Waals surface area contributed by atoms with E-state index >= 15 is 0 Å². The van der Waals surface area contributed by atoms with Crippen LogP contribution < -0.4 is 10.5 Å². The third kappa shape index (κ3) is 4.18. The first-order valence-electron chi connectivity index (χ1n) is 6.47. The van der Waals surface area contributed by atoms with Gasteiger partial charge in [0, 0.05) is 0 Å². The van der Waals surface area contributed by atoms with Gasteiger partial charge in [0.05, 0.1) is 11.6 Å². The number of nitriles is 1. The summed E-state index contributed by atoms with van der Waals surface area (Å²) in [6.45, 7) is -0.193. The van der Waals surface area contributed by atoms with E-state index < -0.39 is 11.7 Å². The number of carbonyl (C=O) groups excluding carboxylic acids is 1. The molecular weight excluding hydrogens is 283 g/mol. The zero-order valence-corrected chi connectivity index (χ0v) is 11.6. The summed E-state index contributed by atoms with van der Waals surface area (Å²) >= 11 is 0. The molecule has 0 bridgehead atoms. The zero-order chi connectivity index (χ0) is 15.9. The number of nitrogens with two attached hydrogens (primary N) is 1. The predicted octanol–water partition coefficient (Wildman–Crippen LogP) is 2.75. The highest BCUT2D eigenvalue weighted by molar-refractivity contribution is 5.89. The molecule has 0 unspecified atom stereocenters. The smallest absolute Gasteiger partial charge is 0.255 e. The second-order valence-corrected chi connectivity index (χ2v) is 4.50. The van der Waals surface area contributed by atoms with Gasteiger partial charge in [-0.3, -0.25) is 4.79 Å². The molecule has 0 saturated carbocycles. The Balaban J connectivity index is 2.20. The normalized spacial score (nSPS) is 10.8. The van der Waals surface area contributed by atoms with Gasteiger partial charge in [0.25, 0.3) is 5.91 Å². The standard InChI is InChI=1S/C17H13FN2O2/c18-15-3-1-2-13(9-15)14(10-19)8-12-4-6-16(7-5-12)22-11-17(20)21/h1-9H,11H2,(H2,20,21)/b14-8-. The minimum Gasteiger partial charge on any atom is -0.484 e. The Morgan fingerprint density at radius 2 is 2.00 bits per heavy atom. The molecule has 0 aliphatic heterocycles. The molecule has 0 atom stereocenters. The molecular formula is C17H13FN2O2. The number of hydrogen-bond donors (Lipinski definition) is 1. The molecule has 2 rings (SSSR count). The molecule has 2 aromatic rings. The molecule has 5 heteroatoms. The van der Waals surface area contributed by atoms with Gasteiger partial charge in [-0.25, -0.2) is 4.39 Å². The van der Waals surface area contributed by atoms with Crippen LogP contribution in [0.3, 0.4) is 0 Å². The number of rotatable bonds is 5. The number of halogens is 1. The summed E-state index contributed by atoms with van der Waals surface area (Å²) in [5.41, 5.74) is 6.61. The van der Waals surface area contributed by atoms with Crippen LogP contribution in [-0.2, 0) is 4.79 Å². The van der Waals surface area contributed by atoms with Gasteiger partial charge in [0.15, 0.2) is 6.61 Å². The Bertz CT molecular complexity index is 746. The van der Waals surface area contributed by atoms with Gasteiger partial charge < -0.3 is 10.5 Å². The molecule has 0 aromatic heterocycles. The first kappa shape index (κ1) is 15.3. The lowest BCUT2D eigenvalue weighted by molar-refractivity contribution is -0.119. The minimum atomic E-state index is -0.554. The van der Waals surface area contributed by atoms with Crippen molar-refractivity contribution in [3.8, 4) is 11.8 Å². The zero-order valence-electron chi connectivity index (χ0n) is 11.6. The number of amides is 1. The van der Waals surface area contributed by atoms with E-state index in [2.05, 4.69) is 6.07 Å². The number of carbonyl (C=O) groups is 1. The fraction of sp³-hybridized carbons (Fsp3) is 0.0588. The molecule has 0 heterocycles. The van der Waals surface area contributed by atoms with Crippen LogP contribution >= 0.6 is 0 Å². The Morgan fingerprint density at radius 1 is 1.27 bits per heavy atom. The summed E-state index contributed by atoms with van der Waals surface area (Å²) in [6.07, 6.45) is 1.65.